The maximum Gasteiger partial charge on any atom is 0.432 e. The minimum atomic E-state index is -6.49. The zero-order chi connectivity index (χ0) is 21.4. The van der Waals surface area contributed by atoms with Crippen molar-refractivity contribution in [2.24, 2.45) is 0 Å². The summed E-state index contributed by atoms with van der Waals surface area (Å²) in [5.41, 5.74) is 0.668. The number of carbonyl (C=O) groups excluding carboxylic acids is 1. The highest BCUT2D eigenvalue weighted by Gasteiger charge is 2.66. The van der Waals surface area contributed by atoms with Crippen molar-refractivity contribution in [2.75, 3.05) is 0 Å². The second-order valence-corrected chi connectivity index (χ2v) is 8.06. The molecule has 0 fully saturated rings. The average molecular weight is 418 g/mol. The van der Waals surface area contributed by atoms with E-state index in [0.29, 0.717) is 11.1 Å². The van der Waals surface area contributed by atoms with Crippen LogP contribution < -0.4 is 0 Å². The first-order valence-electron chi connectivity index (χ1n) is 7.76. The van der Waals surface area contributed by atoms with E-state index in [4.69, 9.17) is 4.55 Å². The van der Waals surface area contributed by atoms with Crippen LogP contribution in [0.4, 0.5) is 22.0 Å². The van der Waals surface area contributed by atoms with Crippen LogP contribution in [0.5, 0.6) is 0 Å². The van der Waals surface area contributed by atoms with Crippen LogP contribution in [0.25, 0.3) is 0 Å². The molecule has 0 heterocycles. The fourth-order valence-electron chi connectivity index (χ4n) is 2.10. The molecule has 0 saturated carbocycles. The fourth-order valence-corrected chi connectivity index (χ4v) is 2.55. The third-order valence-corrected chi connectivity index (χ3v) is 4.62. The summed E-state index contributed by atoms with van der Waals surface area (Å²) >= 11 is 0. The van der Waals surface area contributed by atoms with Crippen LogP contribution in [0.15, 0.2) is 18.2 Å². The Bertz CT molecular complexity index is 774. The standard InChI is InChI=1S/C16H19F5O5S/c1-8(2)10-5-11(9(3)4)7-12(6-10)13(22)26-14(15(17,18)19)16(20,21)27(23,24)25/h5-9,14H,1-4H3,(H,23,24,25). The van der Waals surface area contributed by atoms with Gasteiger partial charge in [0, 0.05) is 0 Å². The molecule has 154 valence electrons. The molecule has 0 aliphatic heterocycles. The summed E-state index contributed by atoms with van der Waals surface area (Å²) in [4.78, 5) is 12.1. The van der Waals surface area contributed by atoms with Crippen LogP contribution in [0.3, 0.4) is 0 Å². The van der Waals surface area contributed by atoms with Gasteiger partial charge in [0.1, 0.15) is 0 Å². The molecule has 27 heavy (non-hydrogen) atoms. The number of rotatable bonds is 6. The molecule has 1 aromatic rings. The van der Waals surface area contributed by atoms with Gasteiger partial charge in [-0.15, -0.1) is 0 Å². The molecule has 1 N–H and O–H groups in total. The monoisotopic (exact) mass is 418 g/mol. The summed E-state index contributed by atoms with van der Waals surface area (Å²) < 4.78 is 99.4. The Kier molecular flexibility index (Phi) is 6.65. The predicted octanol–water partition coefficient (Wildman–Crippen LogP) is 4.50. The van der Waals surface area contributed by atoms with Crippen molar-refractivity contribution >= 4 is 16.1 Å². The Morgan fingerprint density at radius 3 is 1.67 bits per heavy atom. The molecule has 0 saturated heterocycles. The number of esters is 1. The SMILES string of the molecule is CC(C)c1cc(C(=O)OC(C(F)(F)F)C(F)(F)S(=O)(=O)O)cc(C(C)C)c1. The van der Waals surface area contributed by atoms with Gasteiger partial charge in [-0.1, -0.05) is 33.8 Å². The number of ether oxygens (including phenoxy) is 1. The van der Waals surface area contributed by atoms with E-state index in [2.05, 4.69) is 4.74 Å². The molecule has 5 nitrogen and oxygen atoms in total. The van der Waals surface area contributed by atoms with E-state index in [1.807, 2.05) is 0 Å². The van der Waals surface area contributed by atoms with Gasteiger partial charge in [-0.25, -0.2) is 4.79 Å². The zero-order valence-electron chi connectivity index (χ0n) is 14.8. The Morgan fingerprint density at radius 1 is 0.963 bits per heavy atom. The van der Waals surface area contributed by atoms with E-state index in [9.17, 15) is 35.2 Å². The second kappa shape index (κ2) is 7.70. The topological polar surface area (TPSA) is 80.7 Å². The number of carbonyl (C=O) groups is 1. The lowest BCUT2D eigenvalue weighted by molar-refractivity contribution is -0.248. The maximum atomic E-state index is 13.5. The smallest absolute Gasteiger partial charge is 0.432 e. The predicted molar refractivity (Wildman–Crippen MR) is 86.4 cm³/mol. The van der Waals surface area contributed by atoms with E-state index < -0.39 is 39.2 Å². The normalized spacial score (nSPS) is 14.5. The molecule has 1 aromatic carbocycles. The molecule has 0 radical (unpaired) electrons. The molecular weight excluding hydrogens is 399 g/mol. The summed E-state index contributed by atoms with van der Waals surface area (Å²) in [6, 6.07) is 4.07. The van der Waals surface area contributed by atoms with Gasteiger partial charge in [0.2, 0.25) is 0 Å². The average Bonchev–Trinajstić information content (AvgIpc) is 2.49. The van der Waals surface area contributed by atoms with Crippen molar-refractivity contribution in [3.05, 3.63) is 34.9 Å². The van der Waals surface area contributed by atoms with Crippen LogP contribution in [0.2, 0.25) is 0 Å². The first-order chi connectivity index (χ1) is 12.0. The third kappa shape index (κ3) is 5.38. The second-order valence-electron chi connectivity index (χ2n) is 6.56. The van der Waals surface area contributed by atoms with Gasteiger partial charge in [-0.05, 0) is 35.1 Å². The fraction of sp³-hybridized carbons (Fsp3) is 0.562. The molecule has 0 aromatic heterocycles. The van der Waals surface area contributed by atoms with Crippen molar-refractivity contribution in [1.82, 2.24) is 0 Å². The van der Waals surface area contributed by atoms with Crippen LogP contribution >= 0.6 is 0 Å². The van der Waals surface area contributed by atoms with Crippen LogP contribution in [0, 0.1) is 0 Å². The van der Waals surface area contributed by atoms with Crippen molar-refractivity contribution in [2.45, 2.75) is 57.1 Å². The van der Waals surface area contributed by atoms with Gasteiger partial charge in [0.15, 0.2) is 0 Å². The summed E-state index contributed by atoms with van der Waals surface area (Å²) in [5, 5.41) is -5.77. The van der Waals surface area contributed by atoms with E-state index in [0.717, 1.165) is 0 Å². The lowest BCUT2D eigenvalue weighted by Crippen LogP contribution is -2.52. The molecule has 0 spiro atoms. The molecule has 1 unspecified atom stereocenters. The van der Waals surface area contributed by atoms with Crippen molar-refractivity contribution in [3.63, 3.8) is 0 Å². The van der Waals surface area contributed by atoms with Gasteiger partial charge >= 0.3 is 27.5 Å². The minimum Gasteiger partial charge on any atom is -0.441 e. The molecule has 0 bridgehead atoms. The molecular formula is C16H19F5O5S. The first kappa shape index (κ1) is 23.3. The zero-order valence-corrected chi connectivity index (χ0v) is 15.7. The van der Waals surface area contributed by atoms with Gasteiger partial charge in [0.05, 0.1) is 5.56 Å². The molecule has 0 aliphatic rings. The minimum absolute atomic E-state index is 0.132. The van der Waals surface area contributed by atoms with E-state index >= 15 is 0 Å². The highest BCUT2D eigenvalue weighted by atomic mass is 32.2. The van der Waals surface area contributed by atoms with Crippen LogP contribution in [-0.2, 0) is 14.9 Å². The Hall–Kier alpha value is -1.75. The van der Waals surface area contributed by atoms with Gasteiger partial charge < -0.3 is 4.74 Å². The number of benzene rings is 1. The summed E-state index contributed by atoms with van der Waals surface area (Å²) in [6.07, 6.45) is -10.3. The lowest BCUT2D eigenvalue weighted by Gasteiger charge is -2.26. The van der Waals surface area contributed by atoms with E-state index in [1.165, 1.54) is 12.1 Å². The van der Waals surface area contributed by atoms with Gasteiger partial charge in [0.25, 0.3) is 6.10 Å². The number of hydrogen-bond acceptors (Lipinski definition) is 4. The molecule has 0 aliphatic carbocycles. The molecule has 1 rings (SSSR count). The third-order valence-electron chi connectivity index (χ3n) is 3.72. The first-order valence-corrected chi connectivity index (χ1v) is 9.20. The van der Waals surface area contributed by atoms with Crippen molar-refractivity contribution < 1.29 is 44.5 Å². The van der Waals surface area contributed by atoms with E-state index in [-0.39, 0.29) is 11.8 Å². The van der Waals surface area contributed by atoms with E-state index in [1.54, 1.807) is 33.8 Å². The summed E-state index contributed by atoms with van der Waals surface area (Å²) in [5.74, 6) is -2.05. The Balaban J connectivity index is 3.39. The number of halogens is 5. The van der Waals surface area contributed by atoms with Gasteiger partial charge in [-0.3, -0.25) is 4.55 Å². The molecule has 11 heteroatoms. The number of hydrogen-bond donors (Lipinski definition) is 1. The van der Waals surface area contributed by atoms with Crippen LogP contribution in [-0.4, -0.2) is 36.5 Å². The highest BCUT2D eigenvalue weighted by Crippen LogP contribution is 2.38. The number of alkyl halides is 5. The van der Waals surface area contributed by atoms with Crippen molar-refractivity contribution in [3.8, 4) is 0 Å². The largest absolute Gasteiger partial charge is 0.441 e. The molecule has 0 amide bonds. The molecule has 1 atom stereocenters. The Labute approximate surface area is 153 Å². The highest BCUT2D eigenvalue weighted by molar-refractivity contribution is 7.86. The quantitative estimate of drug-likeness (QED) is 0.418. The lowest BCUT2D eigenvalue weighted by atomic mass is 9.93. The maximum absolute atomic E-state index is 13.5. The van der Waals surface area contributed by atoms with Crippen molar-refractivity contribution in [1.29, 1.82) is 0 Å². The summed E-state index contributed by atoms with van der Waals surface area (Å²) in [7, 11) is -6.49. The van der Waals surface area contributed by atoms with Gasteiger partial charge in [-0.2, -0.15) is 30.4 Å². The van der Waals surface area contributed by atoms with Crippen LogP contribution in [0.1, 0.15) is 61.0 Å². The summed E-state index contributed by atoms with van der Waals surface area (Å²) in [6.45, 7) is 7.00. The Morgan fingerprint density at radius 2 is 1.37 bits per heavy atom.